The van der Waals surface area contributed by atoms with E-state index in [2.05, 4.69) is 0 Å². The van der Waals surface area contributed by atoms with E-state index in [1.807, 2.05) is 0 Å². The minimum atomic E-state index is -4.13. The quantitative estimate of drug-likeness (QED) is 0.885. The molecule has 1 aliphatic rings. The zero-order chi connectivity index (χ0) is 14.2. The van der Waals surface area contributed by atoms with Crippen LogP contribution < -0.4 is 5.73 Å². The van der Waals surface area contributed by atoms with Gasteiger partial charge in [0.25, 0.3) is 0 Å². The average molecular weight is 290 g/mol. The number of halogens is 2. The van der Waals surface area contributed by atoms with Gasteiger partial charge in [-0.05, 0) is 25.0 Å². The summed E-state index contributed by atoms with van der Waals surface area (Å²) in [4.78, 5) is 10.7. The number of sulfonamides is 1. The molecular weight excluding hydrogens is 278 g/mol. The molecule has 1 amide bonds. The van der Waals surface area contributed by atoms with Crippen molar-refractivity contribution in [3.8, 4) is 0 Å². The van der Waals surface area contributed by atoms with Crippen molar-refractivity contribution in [1.82, 2.24) is 4.31 Å². The highest BCUT2D eigenvalue weighted by Crippen LogP contribution is 2.26. The molecule has 0 aliphatic carbocycles. The third-order valence-electron chi connectivity index (χ3n) is 2.97. The van der Waals surface area contributed by atoms with Crippen molar-refractivity contribution in [1.29, 1.82) is 0 Å². The second-order valence-corrected chi connectivity index (χ2v) is 6.17. The third-order valence-corrected chi connectivity index (χ3v) is 4.86. The molecule has 0 saturated carbocycles. The molecule has 1 heterocycles. The van der Waals surface area contributed by atoms with Crippen LogP contribution in [0.4, 0.5) is 8.78 Å². The van der Waals surface area contributed by atoms with Crippen LogP contribution in [-0.4, -0.2) is 31.2 Å². The average Bonchev–Trinajstić information content (AvgIpc) is 2.76. The molecule has 0 radical (unpaired) electrons. The third kappa shape index (κ3) is 2.59. The molecule has 5 nitrogen and oxygen atoms in total. The largest absolute Gasteiger partial charge is 0.368 e. The number of benzene rings is 1. The fourth-order valence-electron chi connectivity index (χ4n) is 2.13. The van der Waals surface area contributed by atoms with Gasteiger partial charge in [0.1, 0.15) is 17.7 Å². The van der Waals surface area contributed by atoms with E-state index < -0.39 is 38.5 Å². The summed E-state index contributed by atoms with van der Waals surface area (Å²) in [6.07, 6.45) is 0.789. The number of amides is 1. The zero-order valence-corrected chi connectivity index (χ0v) is 10.7. The lowest BCUT2D eigenvalue weighted by atomic mass is 10.2. The van der Waals surface area contributed by atoms with E-state index in [9.17, 15) is 22.0 Å². The first-order valence-electron chi connectivity index (χ1n) is 5.59. The van der Waals surface area contributed by atoms with Gasteiger partial charge in [-0.2, -0.15) is 4.31 Å². The molecule has 0 spiro atoms. The van der Waals surface area contributed by atoms with Crippen LogP contribution >= 0.6 is 0 Å². The Morgan fingerprint density at radius 3 is 2.37 bits per heavy atom. The fraction of sp³-hybridized carbons (Fsp3) is 0.364. The number of carbonyl (C=O) groups is 1. The predicted molar refractivity (Wildman–Crippen MR) is 62.5 cm³/mol. The van der Waals surface area contributed by atoms with Crippen molar-refractivity contribution in [3.05, 3.63) is 29.8 Å². The Hall–Kier alpha value is -1.54. The van der Waals surface area contributed by atoms with Gasteiger partial charge in [-0.15, -0.1) is 0 Å². The highest BCUT2D eigenvalue weighted by atomic mass is 32.2. The summed E-state index contributed by atoms with van der Waals surface area (Å²) in [6, 6.07) is 1.05. The van der Waals surface area contributed by atoms with Gasteiger partial charge < -0.3 is 5.73 Å². The van der Waals surface area contributed by atoms with E-state index in [0.717, 1.165) is 16.4 Å². The number of nitrogens with two attached hydrogens (primary N) is 1. The van der Waals surface area contributed by atoms with Crippen LogP contribution in [0.1, 0.15) is 12.8 Å². The van der Waals surface area contributed by atoms with Crippen molar-refractivity contribution in [2.75, 3.05) is 6.54 Å². The first-order chi connectivity index (χ1) is 8.82. The normalized spacial score (nSPS) is 20.6. The van der Waals surface area contributed by atoms with Crippen LogP contribution in [0, 0.1) is 11.6 Å². The van der Waals surface area contributed by atoms with Gasteiger partial charge in [-0.25, -0.2) is 17.2 Å². The van der Waals surface area contributed by atoms with Gasteiger partial charge in [0.2, 0.25) is 15.9 Å². The molecule has 0 aromatic heterocycles. The molecule has 1 aromatic rings. The molecule has 104 valence electrons. The van der Waals surface area contributed by atoms with Gasteiger partial charge in [0.15, 0.2) is 0 Å². The second-order valence-electron chi connectivity index (χ2n) is 4.28. The zero-order valence-electron chi connectivity index (χ0n) is 9.84. The number of nitrogens with zero attached hydrogens (tertiary/aromatic N) is 1. The first kappa shape index (κ1) is 13.9. The maximum atomic E-state index is 13.1. The van der Waals surface area contributed by atoms with E-state index in [0.29, 0.717) is 18.9 Å². The van der Waals surface area contributed by atoms with E-state index in [1.165, 1.54) is 0 Å². The summed E-state index contributed by atoms with van der Waals surface area (Å²) in [5.41, 5.74) is 5.13. The Morgan fingerprint density at radius 2 is 1.84 bits per heavy atom. The Balaban J connectivity index is 2.44. The highest BCUT2D eigenvalue weighted by Gasteiger charge is 2.38. The molecule has 2 rings (SSSR count). The van der Waals surface area contributed by atoms with Crippen LogP contribution in [0.3, 0.4) is 0 Å². The van der Waals surface area contributed by atoms with Gasteiger partial charge >= 0.3 is 0 Å². The Morgan fingerprint density at radius 1 is 1.26 bits per heavy atom. The van der Waals surface area contributed by atoms with Gasteiger partial charge in [-0.1, -0.05) is 0 Å². The lowest BCUT2D eigenvalue weighted by molar-refractivity contribution is -0.121. The standard InChI is InChI=1S/C11H12F2N2O3S/c12-7-4-8(13)6-9(5-7)19(17,18)15-3-1-2-10(15)11(14)16/h4-6,10H,1-3H2,(H2,14,16). The summed E-state index contributed by atoms with van der Waals surface area (Å²) in [5, 5.41) is 0. The minimum absolute atomic E-state index is 0.105. The predicted octanol–water partition coefficient (Wildman–Crippen LogP) is 0.603. The van der Waals surface area contributed by atoms with Crippen molar-refractivity contribution in [2.45, 2.75) is 23.8 Å². The van der Waals surface area contributed by atoms with Crippen LogP contribution in [0.25, 0.3) is 0 Å². The fourth-order valence-corrected chi connectivity index (χ4v) is 3.83. The molecule has 8 heteroatoms. The number of hydrogen-bond acceptors (Lipinski definition) is 3. The van der Waals surface area contributed by atoms with E-state index in [4.69, 9.17) is 5.73 Å². The lowest BCUT2D eigenvalue weighted by Crippen LogP contribution is -2.43. The molecule has 19 heavy (non-hydrogen) atoms. The summed E-state index contributed by atoms with van der Waals surface area (Å²) in [7, 11) is -4.13. The minimum Gasteiger partial charge on any atom is -0.368 e. The molecule has 1 fully saturated rings. The van der Waals surface area contributed by atoms with Crippen LogP contribution in [0.15, 0.2) is 23.1 Å². The Kier molecular flexibility index (Phi) is 3.55. The van der Waals surface area contributed by atoms with E-state index >= 15 is 0 Å². The summed E-state index contributed by atoms with van der Waals surface area (Å²) in [6.45, 7) is 0.105. The van der Waals surface area contributed by atoms with E-state index in [1.54, 1.807) is 0 Å². The highest BCUT2D eigenvalue weighted by molar-refractivity contribution is 7.89. The van der Waals surface area contributed by atoms with Crippen molar-refractivity contribution in [3.63, 3.8) is 0 Å². The van der Waals surface area contributed by atoms with Crippen LogP contribution in [0.2, 0.25) is 0 Å². The molecule has 1 atom stereocenters. The van der Waals surface area contributed by atoms with Gasteiger partial charge in [-0.3, -0.25) is 4.79 Å². The monoisotopic (exact) mass is 290 g/mol. The smallest absolute Gasteiger partial charge is 0.244 e. The van der Waals surface area contributed by atoms with Crippen LogP contribution in [0.5, 0.6) is 0 Å². The molecule has 1 unspecified atom stereocenters. The molecule has 1 aliphatic heterocycles. The van der Waals surface area contributed by atoms with Gasteiger partial charge in [0.05, 0.1) is 4.90 Å². The van der Waals surface area contributed by atoms with E-state index in [-0.39, 0.29) is 6.54 Å². The van der Waals surface area contributed by atoms with Gasteiger partial charge in [0, 0.05) is 12.6 Å². The number of hydrogen-bond donors (Lipinski definition) is 1. The number of carbonyl (C=O) groups excluding carboxylic acids is 1. The summed E-state index contributed by atoms with van der Waals surface area (Å²) >= 11 is 0. The van der Waals surface area contributed by atoms with Crippen molar-refractivity contribution >= 4 is 15.9 Å². The molecule has 0 bridgehead atoms. The second kappa shape index (κ2) is 4.86. The molecule has 1 aromatic carbocycles. The summed E-state index contributed by atoms with van der Waals surface area (Å²) < 4.78 is 51.5. The first-order valence-corrected chi connectivity index (χ1v) is 7.03. The topological polar surface area (TPSA) is 80.5 Å². The Labute approximate surface area is 109 Å². The molecule has 1 saturated heterocycles. The van der Waals surface area contributed by atoms with Crippen molar-refractivity contribution in [2.24, 2.45) is 5.73 Å². The number of primary amides is 1. The number of rotatable bonds is 3. The van der Waals surface area contributed by atoms with Crippen molar-refractivity contribution < 1.29 is 22.0 Å². The Bertz CT molecular complexity index is 598. The molecular formula is C11H12F2N2O3S. The molecule has 2 N–H and O–H groups in total. The maximum absolute atomic E-state index is 13.1. The lowest BCUT2D eigenvalue weighted by Gasteiger charge is -2.21. The summed E-state index contributed by atoms with van der Waals surface area (Å²) in [5.74, 6) is -2.75. The van der Waals surface area contributed by atoms with Crippen LogP contribution in [-0.2, 0) is 14.8 Å². The maximum Gasteiger partial charge on any atom is 0.244 e. The SMILES string of the molecule is NC(=O)C1CCCN1S(=O)(=O)c1cc(F)cc(F)c1.